The molecule has 2 rings (SSSR count). The number of carbonyl (C=O) groups is 1. The van der Waals surface area contributed by atoms with Crippen LogP contribution in [0.25, 0.3) is 0 Å². The van der Waals surface area contributed by atoms with E-state index in [1.165, 1.54) is 11.3 Å². The molecule has 0 aliphatic carbocycles. The Kier molecular flexibility index (Phi) is 8.71. The number of thioether (sulfide) groups is 1. The molecule has 0 aliphatic rings. The van der Waals surface area contributed by atoms with E-state index in [1.54, 1.807) is 18.0 Å². The van der Waals surface area contributed by atoms with Crippen molar-refractivity contribution in [2.75, 3.05) is 23.7 Å². The first-order chi connectivity index (χ1) is 12.6. The number of amides is 1. The molecule has 1 amide bonds. The first-order valence-corrected chi connectivity index (χ1v) is 10.6. The SMILES string of the molecule is CCN(CC)c1ccc(/C=N\NC(=O)CSCc2ccccc2Br)cc1. The first kappa shape index (κ1) is 20.5. The molecule has 4 nitrogen and oxygen atoms in total. The van der Waals surface area contributed by atoms with E-state index >= 15 is 0 Å². The summed E-state index contributed by atoms with van der Waals surface area (Å²) in [7, 11) is 0. The predicted molar refractivity (Wildman–Crippen MR) is 116 cm³/mol. The molecule has 1 N–H and O–H groups in total. The van der Waals surface area contributed by atoms with E-state index < -0.39 is 0 Å². The van der Waals surface area contributed by atoms with Crippen molar-refractivity contribution in [3.05, 3.63) is 64.1 Å². The highest BCUT2D eigenvalue weighted by molar-refractivity contribution is 9.10. The lowest BCUT2D eigenvalue weighted by atomic mass is 10.2. The molecule has 0 radical (unpaired) electrons. The molecule has 6 heteroatoms. The second-order valence-corrected chi connectivity index (χ2v) is 7.48. The van der Waals surface area contributed by atoms with Gasteiger partial charge in [-0.3, -0.25) is 4.79 Å². The number of hydrazone groups is 1. The van der Waals surface area contributed by atoms with Gasteiger partial charge in [-0.25, -0.2) is 5.43 Å². The number of benzene rings is 2. The van der Waals surface area contributed by atoms with E-state index in [0.29, 0.717) is 5.75 Å². The normalized spacial score (nSPS) is 10.9. The zero-order chi connectivity index (χ0) is 18.8. The van der Waals surface area contributed by atoms with Crippen LogP contribution in [0, 0.1) is 0 Å². The summed E-state index contributed by atoms with van der Waals surface area (Å²) in [5, 5.41) is 4.04. The van der Waals surface area contributed by atoms with Crippen molar-refractivity contribution in [2.45, 2.75) is 19.6 Å². The molecule has 0 bridgehead atoms. The van der Waals surface area contributed by atoms with E-state index in [2.05, 4.69) is 63.4 Å². The molecule has 0 aromatic heterocycles. The van der Waals surface area contributed by atoms with Gasteiger partial charge in [-0.15, -0.1) is 11.8 Å². The summed E-state index contributed by atoms with van der Waals surface area (Å²) in [4.78, 5) is 14.1. The van der Waals surface area contributed by atoms with Crippen LogP contribution in [0.5, 0.6) is 0 Å². The van der Waals surface area contributed by atoms with Crippen LogP contribution in [0.3, 0.4) is 0 Å². The summed E-state index contributed by atoms with van der Waals surface area (Å²) in [6, 6.07) is 16.2. The van der Waals surface area contributed by atoms with Crippen LogP contribution in [0.4, 0.5) is 5.69 Å². The fraction of sp³-hybridized carbons (Fsp3) is 0.300. The number of rotatable bonds is 9. The highest BCUT2D eigenvalue weighted by Crippen LogP contribution is 2.21. The van der Waals surface area contributed by atoms with Crippen LogP contribution in [-0.2, 0) is 10.5 Å². The van der Waals surface area contributed by atoms with Crippen LogP contribution in [0.1, 0.15) is 25.0 Å². The summed E-state index contributed by atoms with van der Waals surface area (Å²) >= 11 is 5.08. The number of nitrogens with zero attached hydrogens (tertiary/aromatic N) is 2. The Bertz CT molecular complexity index is 730. The van der Waals surface area contributed by atoms with Crippen LogP contribution in [0.2, 0.25) is 0 Å². The molecule has 0 heterocycles. The van der Waals surface area contributed by atoms with Gasteiger partial charge in [-0.05, 0) is 43.2 Å². The Hall–Kier alpha value is -1.79. The maximum absolute atomic E-state index is 11.9. The van der Waals surface area contributed by atoms with Gasteiger partial charge < -0.3 is 4.90 Å². The molecule has 138 valence electrons. The first-order valence-electron chi connectivity index (χ1n) is 8.62. The topological polar surface area (TPSA) is 44.7 Å². The predicted octanol–water partition coefficient (Wildman–Crippen LogP) is 4.68. The van der Waals surface area contributed by atoms with E-state index in [9.17, 15) is 4.79 Å². The summed E-state index contributed by atoms with van der Waals surface area (Å²) in [6.07, 6.45) is 1.67. The van der Waals surface area contributed by atoms with Crippen LogP contribution >= 0.6 is 27.7 Å². The Morgan fingerprint density at radius 3 is 2.50 bits per heavy atom. The van der Waals surface area contributed by atoms with Gasteiger partial charge in [0.2, 0.25) is 5.91 Å². The molecule has 0 spiro atoms. The highest BCUT2D eigenvalue weighted by Gasteiger charge is 2.03. The maximum Gasteiger partial charge on any atom is 0.250 e. The van der Waals surface area contributed by atoms with Gasteiger partial charge in [-0.1, -0.05) is 46.3 Å². The van der Waals surface area contributed by atoms with Crippen molar-refractivity contribution in [2.24, 2.45) is 5.10 Å². The van der Waals surface area contributed by atoms with Crippen molar-refractivity contribution in [3.63, 3.8) is 0 Å². The van der Waals surface area contributed by atoms with Gasteiger partial charge >= 0.3 is 0 Å². The van der Waals surface area contributed by atoms with Gasteiger partial charge in [0, 0.05) is 29.0 Å². The van der Waals surface area contributed by atoms with Gasteiger partial charge in [0.15, 0.2) is 0 Å². The summed E-state index contributed by atoms with van der Waals surface area (Å²) in [5.74, 6) is 1.06. The Balaban J connectivity index is 1.75. The minimum absolute atomic E-state index is 0.0990. The molecular weight excluding hydrogens is 410 g/mol. The second-order valence-electron chi connectivity index (χ2n) is 5.64. The standard InChI is InChI=1S/C20H24BrN3OS/c1-3-24(4-2)18-11-9-16(10-12-18)13-22-23-20(25)15-26-14-17-7-5-6-8-19(17)21/h5-13H,3-4,14-15H2,1-2H3,(H,23,25)/b22-13-. The average molecular weight is 434 g/mol. The van der Waals surface area contributed by atoms with Crippen molar-refractivity contribution >= 4 is 45.5 Å². The molecule has 0 unspecified atom stereocenters. The Morgan fingerprint density at radius 1 is 1.15 bits per heavy atom. The minimum atomic E-state index is -0.0990. The quantitative estimate of drug-likeness (QED) is 0.461. The number of hydrogen-bond acceptors (Lipinski definition) is 4. The number of nitrogens with one attached hydrogen (secondary N) is 1. The van der Waals surface area contributed by atoms with Crippen molar-refractivity contribution in [1.82, 2.24) is 5.43 Å². The smallest absolute Gasteiger partial charge is 0.250 e. The van der Waals surface area contributed by atoms with Gasteiger partial charge in [0.05, 0.1) is 12.0 Å². The molecule has 0 fully saturated rings. The lowest BCUT2D eigenvalue weighted by molar-refractivity contribution is -0.118. The molecule has 2 aromatic rings. The molecule has 26 heavy (non-hydrogen) atoms. The third-order valence-corrected chi connectivity index (χ3v) is 5.63. The molecule has 2 aromatic carbocycles. The lowest BCUT2D eigenvalue weighted by Crippen LogP contribution is -2.21. The summed E-state index contributed by atoms with van der Waals surface area (Å²) in [6.45, 7) is 6.25. The Morgan fingerprint density at radius 2 is 1.85 bits per heavy atom. The third kappa shape index (κ3) is 6.50. The second kappa shape index (κ2) is 11.0. The molecular formula is C20H24BrN3OS. The highest BCUT2D eigenvalue weighted by atomic mass is 79.9. The summed E-state index contributed by atoms with van der Waals surface area (Å²) in [5.41, 5.74) is 5.92. The van der Waals surface area contributed by atoms with Gasteiger partial charge in [0.1, 0.15) is 0 Å². The third-order valence-electron chi connectivity index (χ3n) is 3.87. The van der Waals surface area contributed by atoms with Crippen molar-refractivity contribution in [3.8, 4) is 0 Å². The number of anilines is 1. The zero-order valence-electron chi connectivity index (χ0n) is 15.1. The van der Waals surface area contributed by atoms with Crippen LogP contribution in [0.15, 0.2) is 58.1 Å². The zero-order valence-corrected chi connectivity index (χ0v) is 17.5. The number of halogens is 1. The summed E-state index contributed by atoms with van der Waals surface area (Å²) < 4.78 is 1.07. The average Bonchev–Trinajstić information content (AvgIpc) is 2.65. The minimum Gasteiger partial charge on any atom is -0.372 e. The molecule has 0 atom stereocenters. The number of hydrogen-bond donors (Lipinski definition) is 1. The molecule has 0 saturated carbocycles. The fourth-order valence-corrected chi connectivity index (χ4v) is 3.87. The largest absolute Gasteiger partial charge is 0.372 e. The van der Waals surface area contributed by atoms with E-state index in [0.717, 1.165) is 28.9 Å². The van der Waals surface area contributed by atoms with E-state index in [1.807, 2.05) is 30.3 Å². The molecule has 0 saturated heterocycles. The van der Waals surface area contributed by atoms with E-state index in [4.69, 9.17) is 0 Å². The fourth-order valence-electron chi connectivity index (χ4n) is 2.44. The number of carbonyl (C=O) groups excluding carboxylic acids is 1. The van der Waals surface area contributed by atoms with Crippen molar-refractivity contribution < 1.29 is 4.79 Å². The van der Waals surface area contributed by atoms with Gasteiger partial charge in [-0.2, -0.15) is 5.10 Å². The molecule has 0 aliphatic heterocycles. The monoisotopic (exact) mass is 433 g/mol. The van der Waals surface area contributed by atoms with Crippen LogP contribution < -0.4 is 10.3 Å². The lowest BCUT2D eigenvalue weighted by Gasteiger charge is -2.20. The van der Waals surface area contributed by atoms with Crippen molar-refractivity contribution in [1.29, 1.82) is 0 Å². The Labute approximate surface area is 168 Å². The van der Waals surface area contributed by atoms with Gasteiger partial charge in [0.25, 0.3) is 0 Å². The van der Waals surface area contributed by atoms with Crippen LogP contribution in [-0.4, -0.2) is 31.0 Å². The maximum atomic E-state index is 11.9. The van der Waals surface area contributed by atoms with E-state index in [-0.39, 0.29) is 5.91 Å².